The van der Waals surface area contributed by atoms with Crippen LogP contribution in [0.3, 0.4) is 0 Å². The molecule has 1 saturated heterocycles. The van der Waals surface area contributed by atoms with E-state index < -0.39 is 6.10 Å². The number of hydrogen-bond donors (Lipinski definition) is 3. The van der Waals surface area contributed by atoms with Gasteiger partial charge in [-0.2, -0.15) is 10.4 Å². The van der Waals surface area contributed by atoms with Crippen LogP contribution in [0.2, 0.25) is 0 Å². The Hall–Kier alpha value is -4.47. The van der Waals surface area contributed by atoms with Crippen LogP contribution in [-0.2, 0) is 11.3 Å². The predicted molar refractivity (Wildman–Crippen MR) is 159 cm³/mol. The topological polar surface area (TPSA) is 162 Å². The number of aromatic nitrogens is 5. The van der Waals surface area contributed by atoms with Gasteiger partial charge in [-0.1, -0.05) is 20.8 Å². The highest BCUT2D eigenvalue weighted by atomic mass is 16.3. The van der Waals surface area contributed by atoms with Crippen LogP contribution < -0.4 is 10.6 Å². The summed E-state index contributed by atoms with van der Waals surface area (Å²) in [6.45, 7) is 10.5. The minimum absolute atomic E-state index is 0.0679. The largest absolute Gasteiger partial charge is 0.396 e. The lowest BCUT2D eigenvalue weighted by molar-refractivity contribution is -0.142. The van der Waals surface area contributed by atoms with Crippen LogP contribution in [0, 0.1) is 30.1 Å². The van der Waals surface area contributed by atoms with E-state index in [2.05, 4.69) is 16.1 Å². The number of hydrogen-bond acceptors (Lipinski definition) is 9. The van der Waals surface area contributed by atoms with Gasteiger partial charge in [0, 0.05) is 74.1 Å². The molecule has 0 unspecified atom stereocenters. The fourth-order valence-electron chi connectivity index (χ4n) is 5.22. The van der Waals surface area contributed by atoms with E-state index in [1.54, 1.807) is 15.6 Å². The third-order valence-corrected chi connectivity index (χ3v) is 7.80. The van der Waals surface area contributed by atoms with Crippen LogP contribution >= 0.6 is 0 Å². The zero-order valence-electron chi connectivity index (χ0n) is 24.4. The summed E-state index contributed by atoms with van der Waals surface area (Å²) in [5.41, 5.74) is 11.1. The standard InChI is InChI=1S/C30H37N9O3/c1-18(2)28(41)30(42)37-9-7-36(8-10-37)26-6-5-21(14-33-26)23-12-22(16-39-27(23)24(13-31)29(32)35-39)25-11-20(4)38(34-25)15-19(3)17-40/h5-6,11-12,14,16,18-19,28,40-41H,7-10,15,17H2,1-4H3,(H2,32,35)/t19-,28-/m1/s1. The number of aliphatic hydroxyl groups excluding tert-OH is 2. The lowest BCUT2D eigenvalue weighted by Crippen LogP contribution is -2.52. The molecule has 5 rings (SSSR count). The Kier molecular flexibility index (Phi) is 8.15. The number of aryl methyl sites for hydroxylation is 1. The Morgan fingerprint density at radius 2 is 1.86 bits per heavy atom. The lowest BCUT2D eigenvalue weighted by atomic mass is 10.0. The molecular formula is C30H37N9O3. The highest BCUT2D eigenvalue weighted by Crippen LogP contribution is 2.34. The molecule has 12 nitrogen and oxygen atoms in total. The van der Waals surface area contributed by atoms with Gasteiger partial charge < -0.3 is 25.7 Å². The number of carbonyl (C=O) groups is 1. The zero-order chi connectivity index (χ0) is 30.1. The van der Waals surface area contributed by atoms with E-state index in [9.17, 15) is 20.3 Å². The Morgan fingerprint density at radius 3 is 2.48 bits per heavy atom. The molecule has 1 fully saturated rings. The molecule has 2 atom stereocenters. The van der Waals surface area contributed by atoms with Crippen molar-refractivity contribution < 1.29 is 15.0 Å². The number of carbonyl (C=O) groups excluding carboxylic acids is 1. The number of amides is 1. The summed E-state index contributed by atoms with van der Waals surface area (Å²) in [5, 5.41) is 38.7. The second-order valence-electron chi connectivity index (χ2n) is 11.4. The first-order chi connectivity index (χ1) is 20.1. The van der Waals surface area contributed by atoms with Crippen LogP contribution in [0.5, 0.6) is 0 Å². The molecule has 0 bridgehead atoms. The number of nitrogen functional groups attached to an aromatic ring is 1. The Morgan fingerprint density at radius 1 is 1.12 bits per heavy atom. The van der Waals surface area contributed by atoms with Gasteiger partial charge in [-0.05, 0) is 43.0 Å². The van der Waals surface area contributed by atoms with E-state index in [4.69, 9.17) is 15.8 Å². The van der Waals surface area contributed by atoms with Crippen molar-refractivity contribution in [3.63, 3.8) is 0 Å². The third-order valence-electron chi connectivity index (χ3n) is 7.80. The maximum Gasteiger partial charge on any atom is 0.251 e. The monoisotopic (exact) mass is 571 g/mol. The number of anilines is 2. The van der Waals surface area contributed by atoms with Crippen LogP contribution in [-0.4, -0.2) is 84.3 Å². The summed E-state index contributed by atoms with van der Waals surface area (Å²) in [6, 6.07) is 10.0. The molecule has 1 aliphatic heterocycles. The number of nitrogens with zero attached hydrogens (tertiary/aromatic N) is 8. The van der Waals surface area contributed by atoms with Crippen molar-refractivity contribution in [1.82, 2.24) is 29.3 Å². The van der Waals surface area contributed by atoms with Gasteiger partial charge in [0.05, 0.1) is 11.2 Å². The number of fused-ring (bicyclic) bond motifs is 1. The molecule has 5 heterocycles. The van der Waals surface area contributed by atoms with E-state index >= 15 is 0 Å². The van der Waals surface area contributed by atoms with Gasteiger partial charge >= 0.3 is 0 Å². The maximum atomic E-state index is 12.5. The SMILES string of the molecule is Cc1cc(-c2cc(-c3ccc(N4CCN(C(=O)[C@H](O)C(C)C)CC4)nc3)c3c(C#N)c(N)nn3c2)nn1C[C@@H](C)CO. The molecule has 4 aromatic rings. The Bertz CT molecular complexity index is 1630. The fraction of sp³-hybridized carbons (Fsp3) is 0.433. The van der Waals surface area contributed by atoms with Crippen molar-refractivity contribution in [2.75, 3.05) is 43.4 Å². The first-order valence-electron chi connectivity index (χ1n) is 14.2. The summed E-state index contributed by atoms with van der Waals surface area (Å²) in [4.78, 5) is 21.1. The first kappa shape index (κ1) is 29.0. The fourth-order valence-corrected chi connectivity index (χ4v) is 5.22. The highest BCUT2D eigenvalue weighted by molar-refractivity contribution is 5.90. The molecule has 0 radical (unpaired) electrons. The number of nitrogens with two attached hydrogens (primary N) is 1. The molecule has 0 aliphatic carbocycles. The minimum atomic E-state index is -0.987. The van der Waals surface area contributed by atoms with E-state index in [0.29, 0.717) is 43.8 Å². The summed E-state index contributed by atoms with van der Waals surface area (Å²) >= 11 is 0. The molecule has 12 heteroatoms. The Labute approximate surface area is 244 Å². The number of pyridine rings is 2. The number of piperazine rings is 1. The van der Waals surface area contributed by atoms with Gasteiger partial charge in [0.1, 0.15) is 23.6 Å². The van der Waals surface area contributed by atoms with Crippen molar-refractivity contribution in [1.29, 1.82) is 5.26 Å². The van der Waals surface area contributed by atoms with E-state index in [1.165, 1.54) is 0 Å². The van der Waals surface area contributed by atoms with Gasteiger partial charge in [0.25, 0.3) is 5.91 Å². The van der Waals surface area contributed by atoms with Gasteiger partial charge in [-0.15, -0.1) is 5.10 Å². The van der Waals surface area contributed by atoms with Gasteiger partial charge in [-0.3, -0.25) is 9.48 Å². The normalized spacial score (nSPS) is 15.3. The first-order valence-corrected chi connectivity index (χ1v) is 14.2. The molecule has 0 spiro atoms. The second-order valence-corrected chi connectivity index (χ2v) is 11.4. The molecule has 4 N–H and O–H groups in total. The Balaban J connectivity index is 1.45. The van der Waals surface area contributed by atoms with Crippen LogP contribution in [0.15, 0.2) is 36.7 Å². The molecule has 220 valence electrons. The van der Waals surface area contributed by atoms with Crippen molar-refractivity contribution in [2.24, 2.45) is 11.8 Å². The van der Waals surface area contributed by atoms with Crippen molar-refractivity contribution in [3.8, 4) is 28.5 Å². The average Bonchev–Trinajstić information content (AvgIpc) is 3.53. The summed E-state index contributed by atoms with van der Waals surface area (Å²) in [6.07, 6.45) is 2.60. The van der Waals surface area contributed by atoms with Crippen molar-refractivity contribution in [3.05, 3.63) is 47.9 Å². The maximum absolute atomic E-state index is 12.5. The van der Waals surface area contributed by atoms with Gasteiger partial charge in [0.2, 0.25) is 0 Å². The molecular weight excluding hydrogens is 534 g/mol. The highest BCUT2D eigenvalue weighted by Gasteiger charge is 2.28. The minimum Gasteiger partial charge on any atom is -0.396 e. The van der Waals surface area contributed by atoms with Gasteiger partial charge in [0.15, 0.2) is 5.82 Å². The predicted octanol–water partition coefficient (Wildman–Crippen LogP) is 2.32. The van der Waals surface area contributed by atoms with Gasteiger partial charge in [-0.25, -0.2) is 9.50 Å². The second kappa shape index (κ2) is 11.8. The van der Waals surface area contributed by atoms with Crippen LogP contribution in [0.4, 0.5) is 11.6 Å². The van der Waals surface area contributed by atoms with E-state index in [1.807, 2.05) is 62.8 Å². The molecule has 0 saturated carbocycles. The van der Waals surface area contributed by atoms with E-state index in [0.717, 1.165) is 33.9 Å². The quantitative estimate of drug-likeness (QED) is 0.288. The summed E-state index contributed by atoms with van der Waals surface area (Å²) < 4.78 is 3.50. The number of rotatable bonds is 8. The molecule has 42 heavy (non-hydrogen) atoms. The third kappa shape index (κ3) is 5.53. The lowest BCUT2D eigenvalue weighted by Gasteiger charge is -2.36. The van der Waals surface area contributed by atoms with Crippen molar-refractivity contribution in [2.45, 2.75) is 40.3 Å². The molecule has 0 aromatic carbocycles. The molecule has 4 aromatic heterocycles. The number of aliphatic hydroxyl groups is 2. The summed E-state index contributed by atoms with van der Waals surface area (Å²) in [7, 11) is 0. The smallest absolute Gasteiger partial charge is 0.251 e. The number of nitriles is 1. The summed E-state index contributed by atoms with van der Waals surface area (Å²) in [5.74, 6) is 0.640. The van der Waals surface area contributed by atoms with Crippen LogP contribution in [0.1, 0.15) is 32.0 Å². The zero-order valence-corrected chi connectivity index (χ0v) is 24.4. The molecule has 1 aliphatic rings. The van der Waals surface area contributed by atoms with E-state index in [-0.39, 0.29) is 30.2 Å². The van der Waals surface area contributed by atoms with Crippen LogP contribution in [0.25, 0.3) is 27.9 Å². The average molecular weight is 572 g/mol. The molecule has 1 amide bonds. The van der Waals surface area contributed by atoms with Crippen molar-refractivity contribution >= 4 is 23.1 Å².